The molecule has 1 atom stereocenters. The molecule has 0 bridgehead atoms. The maximum Gasteiger partial charge on any atom is 0.229 e. The first-order chi connectivity index (χ1) is 11.4. The number of nitrogens with zero attached hydrogens (tertiary/aromatic N) is 1. The third-order valence-corrected chi connectivity index (χ3v) is 4.35. The van der Waals surface area contributed by atoms with Gasteiger partial charge in [0.25, 0.3) is 0 Å². The molecule has 1 fully saturated rings. The molecule has 1 saturated heterocycles. The summed E-state index contributed by atoms with van der Waals surface area (Å²) in [5.41, 5.74) is 0.599. The Balaban J connectivity index is 1.70. The lowest BCUT2D eigenvalue weighted by Gasteiger charge is -2.17. The van der Waals surface area contributed by atoms with Gasteiger partial charge in [-0.05, 0) is 36.4 Å². The highest BCUT2D eigenvalue weighted by atomic mass is 79.9. The summed E-state index contributed by atoms with van der Waals surface area (Å²) in [6.45, 7) is 0.217. The van der Waals surface area contributed by atoms with Crippen LogP contribution in [0.2, 0.25) is 0 Å². The van der Waals surface area contributed by atoms with E-state index in [1.54, 1.807) is 12.1 Å². The van der Waals surface area contributed by atoms with Gasteiger partial charge in [0.1, 0.15) is 11.6 Å². The van der Waals surface area contributed by atoms with Crippen molar-refractivity contribution in [3.05, 3.63) is 58.6 Å². The largest absolute Gasteiger partial charge is 0.323 e. The molecule has 1 N–H and O–H groups in total. The van der Waals surface area contributed by atoms with Crippen LogP contribution in [-0.4, -0.2) is 18.4 Å². The first kappa shape index (κ1) is 16.6. The molecule has 1 unspecified atom stereocenters. The van der Waals surface area contributed by atoms with Crippen molar-refractivity contribution in [2.45, 2.75) is 6.42 Å². The smallest absolute Gasteiger partial charge is 0.229 e. The molecule has 0 radical (unpaired) electrons. The molecule has 1 aliphatic rings. The summed E-state index contributed by atoms with van der Waals surface area (Å²) in [5, 5.41) is 2.41. The first-order valence-electron chi connectivity index (χ1n) is 7.26. The standard InChI is InChI=1S/C17H13BrF2N2O2/c18-11-1-4-13(5-2-11)22-9-10(7-16(22)23)17(24)21-15-6-3-12(19)8-14(15)20/h1-6,8,10H,7,9H2,(H,21,24). The van der Waals surface area contributed by atoms with Gasteiger partial charge in [0.2, 0.25) is 11.8 Å². The van der Waals surface area contributed by atoms with E-state index in [0.29, 0.717) is 11.8 Å². The quantitative estimate of drug-likeness (QED) is 0.862. The summed E-state index contributed by atoms with van der Waals surface area (Å²) in [7, 11) is 0. The minimum absolute atomic E-state index is 0.0463. The summed E-state index contributed by atoms with van der Waals surface area (Å²) in [4.78, 5) is 25.9. The van der Waals surface area contributed by atoms with Crippen molar-refractivity contribution < 1.29 is 18.4 Å². The second kappa shape index (κ2) is 6.68. The zero-order chi connectivity index (χ0) is 17.3. The molecule has 1 heterocycles. The maximum atomic E-state index is 13.6. The molecule has 24 heavy (non-hydrogen) atoms. The molecule has 7 heteroatoms. The maximum absolute atomic E-state index is 13.6. The van der Waals surface area contributed by atoms with Gasteiger partial charge in [-0.25, -0.2) is 8.78 Å². The number of benzene rings is 2. The monoisotopic (exact) mass is 394 g/mol. The SMILES string of the molecule is O=C(Nc1ccc(F)cc1F)C1CC(=O)N(c2ccc(Br)cc2)C1. The van der Waals surface area contributed by atoms with Gasteiger partial charge < -0.3 is 10.2 Å². The number of rotatable bonds is 3. The Morgan fingerprint density at radius 2 is 1.88 bits per heavy atom. The number of nitrogens with one attached hydrogen (secondary N) is 1. The second-order valence-electron chi connectivity index (χ2n) is 5.50. The molecule has 4 nitrogen and oxygen atoms in total. The molecule has 2 aromatic rings. The van der Waals surface area contributed by atoms with E-state index in [1.165, 1.54) is 4.90 Å². The van der Waals surface area contributed by atoms with Crippen LogP contribution in [0.3, 0.4) is 0 Å². The molecule has 0 aliphatic carbocycles. The third-order valence-electron chi connectivity index (χ3n) is 3.82. The summed E-state index contributed by atoms with van der Waals surface area (Å²) >= 11 is 3.32. The number of carbonyl (C=O) groups is 2. The van der Waals surface area contributed by atoms with E-state index in [2.05, 4.69) is 21.2 Å². The van der Waals surface area contributed by atoms with Crippen LogP contribution in [-0.2, 0) is 9.59 Å². The Kier molecular flexibility index (Phi) is 4.62. The normalized spacial score (nSPS) is 17.2. The predicted molar refractivity (Wildman–Crippen MR) is 89.6 cm³/mol. The van der Waals surface area contributed by atoms with E-state index in [1.807, 2.05) is 12.1 Å². The van der Waals surface area contributed by atoms with E-state index < -0.39 is 23.5 Å². The minimum Gasteiger partial charge on any atom is -0.323 e. The Hall–Kier alpha value is -2.28. The molecule has 0 spiro atoms. The molecule has 1 aliphatic heterocycles. The van der Waals surface area contributed by atoms with Crippen molar-refractivity contribution in [2.24, 2.45) is 5.92 Å². The van der Waals surface area contributed by atoms with Crippen LogP contribution in [0.1, 0.15) is 6.42 Å². The number of hydrogen-bond acceptors (Lipinski definition) is 2. The second-order valence-corrected chi connectivity index (χ2v) is 6.41. The van der Waals surface area contributed by atoms with Gasteiger partial charge in [0, 0.05) is 29.2 Å². The topological polar surface area (TPSA) is 49.4 Å². The zero-order valence-electron chi connectivity index (χ0n) is 12.4. The highest BCUT2D eigenvalue weighted by Gasteiger charge is 2.35. The van der Waals surface area contributed by atoms with Crippen LogP contribution in [0.15, 0.2) is 46.9 Å². The number of amides is 2. The Bertz CT molecular complexity index is 796. The van der Waals surface area contributed by atoms with Crippen molar-refractivity contribution in [1.82, 2.24) is 0 Å². The van der Waals surface area contributed by atoms with Crippen LogP contribution in [0, 0.1) is 17.6 Å². The fourth-order valence-electron chi connectivity index (χ4n) is 2.58. The first-order valence-corrected chi connectivity index (χ1v) is 8.05. The van der Waals surface area contributed by atoms with Gasteiger partial charge in [-0.15, -0.1) is 0 Å². The third kappa shape index (κ3) is 3.46. The summed E-state index contributed by atoms with van der Waals surface area (Å²) in [6, 6.07) is 10.1. The van der Waals surface area contributed by atoms with Gasteiger partial charge in [-0.2, -0.15) is 0 Å². The molecule has 124 valence electrons. The molecule has 0 aromatic heterocycles. The van der Waals surface area contributed by atoms with Gasteiger partial charge in [-0.1, -0.05) is 15.9 Å². The van der Waals surface area contributed by atoms with Crippen LogP contribution in [0.4, 0.5) is 20.2 Å². The van der Waals surface area contributed by atoms with E-state index >= 15 is 0 Å². The van der Waals surface area contributed by atoms with Crippen LogP contribution < -0.4 is 10.2 Å². The van der Waals surface area contributed by atoms with E-state index in [0.717, 1.165) is 16.6 Å². The number of carbonyl (C=O) groups excluding carboxylic acids is 2. The van der Waals surface area contributed by atoms with E-state index in [9.17, 15) is 18.4 Å². The van der Waals surface area contributed by atoms with Crippen molar-refractivity contribution in [3.63, 3.8) is 0 Å². The lowest BCUT2D eigenvalue weighted by molar-refractivity contribution is -0.122. The number of halogens is 3. The van der Waals surface area contributed by atoms with Crippen molar-refractivity contribution in [1.29, 1.82) is 0 Å². The van der Waals surface area contributed by atoms with Crippen molar-refractivity contribution >= 4 is 39.1 Å². The molecular weight excluding hydrogens is 382 g/mol. The van der Waals surface area contributed by atoms with E-state index in [4.69, 9.17) is 0 Å². The molecular formula is C17H13BrF2N2O2. The summed E-state index contributed by atoms with van der Waals surface area (Å²) < 4.78 is 27.4. The predicted octanol–water partition coefficient (Wildman–Crippen LogP) is 3.72. The van der Waals surface area contributed by atoms with Gasteiger partial charge in [-0.3, -0.25) is 9.59 Å². The minimum atomic E-state index is -0.850. The Morgan fingerprint density at radius 3 is 2.54 bits per heavy atom. The van der Waals surface area contributed by atoms with E-state index in [-0.39, 0.29) is 24.6 Å². The number of anilines is 2. The van der Waals surface area contributed by atoms with Crippen LogP contribution >= 0.6 is 15.9 Å². The van der Waals surface area contributed by atoms with Crippen molar-refractivity contribution in [2.75, 3.05) is 16.8 Å². The zero-order valence-corrected chi connectivity index (χ0v) is 14.0. The van der Waals surface area contributed by atoms with Crippen LogP contribution in [0.25, 0.3) is 0 Å². The molecule has 0 saturated carbocycles. The molecule has 2 aromatic carbocycles. The van der Waals surface area contributed by atoms with Crippen molar-refractivity contribution in [3.8, 4) is 0 Å². The summed E-state index contributed by atoms with van der Waals surface area (Å²) in [5.74, 6) is -2.79. The molecule has 3 rings (SSSR count). The van der Waals surface area contributed by atoms with Gasteiger partial charge in [0.05, 0.1) is 11.6 Å². The highest BCUT2D eigenvalue weighted by molar-refractivity contribution is 9.10. The lowest BCUT2D eigenvalue weighted by atomic mass is 10.1. The Morgan fingerprint density at radius 1 is 1.17 bits per heavy atom. The fourth-order valence-corrected chi connectivity index (χ4v) is 2.84. The summed E-state index contributed by atoms with van der Waals surface area (Å²) in [6.07, 6.45) is 0.0463. The average molecular weight is 395 g/mol. The van der Waals surface area contributed by atoms with Crippen LogP contribution in [0.5, 0.6) is 0 Å². The fraction of sp³-hybridized carbons (Fsp3) is 0.176. The van der Waals surface area contributed by atoms with Gasteiger partial charge >= 0.3 is 0 Å². The average Bonchev–Trinajstić information content (AvgIpc) is 2.93. The molecule has 2 amide bonds. The van der Waals surface area contributed by atoms with Gasteiger partial charge in [0.15, 0.2) is 0 Å². The number of hydrogen-bond donors (Lipinski definition) is 1. The Labute approximate surface area is 145 Å². The lowest BCUT2D eigenvalue weighted by Crippen LogP contribution is -2.28. The highest BCUT2D eigenvalue weighted by Crippen LogP contribution is 2.27.